The molecule has 2 heteroatoms. The van der Waals surface area contributed by atoms with Crippen LogP contribution in [0.25, 0.3) is 0 Å². The lowest BCUT2D eigenvalue weighted by Crippen LogP contribution is -2.56. The topological polar surface area (TPSA) is 35.2 Å². The van der Waals surface area contributed by atoms with E-state index in [1.807, 2.05) is 0 Å². The molecule has 0 bridgehead atoms. The Kier molecular flexibility index (Phi) is 3.91. The molecule has 0 heterocycles. The molecule has 1 aromatic carbocycles. The highest BCUT2D eigenvalue weighted by Crippen LogP contribution is 2.44. The number of ether oxygens (including phenoxy) is 1. The van der Waals surface area contributed by atoms with Crippen molar-refractivity contribution >= 4 is 0 Å². The summed E-state index contributed by atoms with van der Waals surface area (Å²) in [6, 6.07) is 6.37. The summed E-state index contributed by atoms with van der Waals surface area (Å²) in [5.41, 5.74) is 9.38. The van der Waals surface area contributed by atoms with Gasteiger partial charge in [0.05, 0.1) is 7.11 Å². The minimum absolute atomic E-state index is 0.119. The first kappa shape index (κ1) is 14.4. The molecule has 1 aliphatic rings. The second kappa shape index (κ2) is 5.16. The van der Waals surface area contributed by atoms with Crippen LogP contribution in [0.2, 0.25) is 0 Å². The predicted molar refractivity (Wildman–Crippen MR) is 80.6 cm³/mol. The first-order chi connectivity index (χ1) is 8.88. The molecule has 0 saturated heterocycles. The third-order valence-corrected chi connectivity index (χ3v) is 4.96. The van der Waals surface area contributed by atoms with Crippen LogP contribution in [-0.4, -0.2) is 12.6 Å². The number of benzene rings is 1. The molecular weight excluding hydrogens is 234 g/mol. The van der Waals surface area contributed by atoms with E-state index in [9.17, 15) is 0 Å². The first-order valence-corrected chi connectivity index (χ1v) is 7.30. The minimum Gasteiger partial charge on any atom is -0.496 e. The van der Waals surface area contributed by atoms with Crippen molar-refractivity contribution in [2.24, 2.45) is 11.1 Å². The number of hydrogen-bond acceptors (Lipinski definition) is 2. The summed E-state index contributed by atoms with van der Waals surface area (Å²) in [6.45, 7) is 6.75. The van der Waals surface area contributed by atoms with Crippen molar-refractivity contribution in [1.82, 2.24) is 0 Å². The molecule has 2 rings (SSSR count). The molecule has 1 fully saturated rings. The summed E-state index contributed by atoms with van der Waals surface area (Å²) in [6.07, 6.45) is 5.78. The van der Waals surface area contributed by atoms with Crippen LogP contribution in [0.4, 0.5) is 0 Å². The Morgan fingerprint density at radius 1 is 1.21 bits per heavy atom. The highest BCUT2D eigenvalue weighted by molar-refractivity contribution is 5.38. The van der Waals surface area contributed by atoms with Gasteiger partial charge >= 0.3 is 0 Å². The highest BCUT2D eigenvalue weighted by atomic mass is 16.5. The van der Waals surface area contributed by atoms with Crippen LogP contribution >= 0.6 is 0 Å². The van der Waals surface area contributed by atoms with E-state index in [1.54, 1.807) is 7.11 Å². The number of hydrogen-bond donors (Lipinski definition) is 1. The van der Waals surface area contributed by atoms with E-state index in [0.717, 1.165) is 18.6 Å². The van der Waals surface area contributed by atoms with Gasteiger partial charge in [0.25, 0.3) is 0 Å². The fourth-order valence-corrected chi connectivity index (χ4v) is 3.31. The summed E-state index contributed by atoms with van der Waals surface area (Å²) in [4.78, 5) is 0. The average molecular weight is 261 g/mol. The predicted octanol–water partition coefficient (Wildman–Crippen LogP) is 3.84. The molecular formula is C17H27NO. The molecule has 2 nitrogen and oxygen atoms in total. The van der Waals surface area contributed by atoms with Crippen LogP contribution in [0.1, 0.15) is 50.7 Å². The van der Waals surface area contributed by atoms with E-state index < -0.39 is 0 Å². The van der Waals surface area contributed by atoms with Gasteiger partial charge in [-0.3, -0.25) is 0 Å². The lowest BCUT2D eigenvalue weighted by atomic mass is 9.61. The van der Waals surface area contributed by atoms with Gasteiger partial charge in [-0.05, 0) is 43.2 Å². The minimum atomic E-state index is -0.119. The zero-order valence-electron chi connectivity index (χ0n) is 12.8. The number of nitrogens with two attached hydrogens (primary N) is 1. The maximum atomic E-state index is 6.79. The molecule has 0 amide bonds. The van der Waals surface area contributed by atoms with Gasteiger partial charge in [-0.1, -0.05) is 44.4 Å². The fourth-order valence-electron chi connectivity index (χ4n) is 3.31. The second-order valence-corrected chi connectivity index (χ2v) is 6.74. The Morgan fingerprint density at radius 2 is 1.89 bits per heavy atom. The fraction of sp³-hybridized carbons (Fsp3) is 0.647. The third kappa shape index (κ3) is 2.79. The van der Waals surface area contributed by atoms with Gasteiger partial charge in [-0.2, -0.15) is 0 Å². The summed E-state index contributed by atoms with van der Waals surface area (Å²) in [5.74, 6) is 0.969. The highest BCUT2D eigenvalue weighted by Gasteiger charge is 2.43. The van der Waals surface area contributed by atoms with Gasteiger partial charge in [-0.15, -0.1) is 0 Å². The van der Waals surface area contributed by atoms with Crippen molar-refractivity contribution < 1.29 is 4.74 Å². The van der Waals surface area contributed by atoms with E-state index >= 15 is 0 Å². The van der Waals surface area contributed by atoms with Crippen molar-refractivity contribution in [2.45, 2.75) is 58.4 Å². The van der Waals surface area contributed by atoms with Gasteiger partial charge in [0, 0.05) is 5.54 Å². The maximum Gasteiger partial charge on any atom is 0.122 e. The van der Waals surface area contributed by atoms with Crippen LogP contribution in [0, 0.1) is 12.3 Å². The largest absolute Gasteiger partial charge is 0.496 e. The molecule has 19 heavy (non-hydrogen) atoms. The lowest BCUT2D eigenvalue weighted by molar-refractivity contribution is 0.0984. The SMILES string of the molecule is COc1ccc(C)cc1CC1(N)CCCCC1(C)C. The van der Waals surface area contributed by atoms with E-state index in [2.05, 4.69) is 39.0 Å². The number of methoxy groups -OCH3 is 1. The lowest BCUT2D eigenvalue weighted by Gasteiger charge is -2.48. The average Bonchev–Trinajstić information content (AvgIpc) is 2.33. The van der Waals surface area contributed by atoms with Crippen molar-refractivity contribution in [3.8, 4) is 5.75 Å². The van der Waals surface area contributed by atoms with E-state index in [4.69, 9.17) is 10.5 Å². The van der Waals surface area contributed by atoms with E-state index in [0.29, 0.717) is 0 Å². The van der Waals surface area contributed by atoms with E-state index in [1.165, 1.54) is 30.4 Å². The molecule has 0 radical (unpaired) electrons. The Bertz CT molecular complexity index is 453. The normalized spacial score (nSPS) is 26.2. The smallest absolute Gasteiger partial charge is 0.122 e. The van der Waals surface area contributed by atoms with E-state index in [-0.39, 0.29) is 11.0 Å². The summed E-state index contributed by atoms with van der Waals surface area (Å²) >= 11 is 0. The molecule has 1 saturated carbocycles. The molecule has 0 spiro atoms. The first-order valence-electron chi connectivity index (χ1n) is 7.30. The summed E-state index contributed by atoms with van der Waals surface area (Å²) in [5, 5.41) is 0. The van der Waals surface area contributed by atoms with Gasteiger partial charge in [0.15, 0.2) is 0 Å². The Hall–Kier alpha value is -1.02. The van der Waals surface area contributed by atoms with Crippen molar-refractivity contribution in [1.29, 1.82) is 0 Å². The van der Waals surface area contributed by atoms with Crippen molar-refractivity contribution in [3.63, 3.8) is 0 Å². The maximum absolute atomic E-state index is 6.79. The van der Waals surface area contributed by atoms with Gasteiger partial charge in [0.1, 0.15) is 5.75 Å². The molecule has 1 aromatic rings. The van der Waals surface area contributed by atoms with Crippen LogP contribution in [0.15, 0.2) is 18.2 Å². The zero-order valence-corrected chi connectivity index (χ0v) is 12.8. The molecule has 1 atom stereocenters. The molecule has 1 aliphatic carbocycles. The Morgan fingerprint density at radius 3 is 2.53 bits per heavy atom. The molecule has 2 N–H and O–H groups in total. The van der Waals surface area contributed by atoms with Crippen LogP contribution in [-0.2, 0) is 6.42 Å². The third-order valence-electron chi connectivity index (χ3n) is 4.96. The zero-order chi connectivity index (χ0) is 14.1. The summed E-state index contributed by atoms with van der Waals surface area (Å²) < 4.78 is 5.50. The molecule has 0 aliphatic heterocycles. The van der Waals surface area contributed by atoms with Crippen molar-refractivity contribution in [2.75, 3.05) is 7.11 Å². The second-order valence-electron chi connectivity index (χ2n) is 6.74. The number of aryl methyl sites for hydroxylation is 1. The Balaban J connectivity index is 2.31. The molecule has 0 aromatic heterocycles. The molecule has 106 valence electrons. The molecule has 1 unspecified atom stereocenters. The van der Waals surface area contributed by atoms with Crippen LogP contribution < -0.4 is 10.5 Å². The monoisotopic (exact) mass is 261 g/mol. The number of rotatable bonds is 3. The summed E-state index contributed by atoms with van der Waals surface area (Å²) in [7, 11) is 1.74. The standard InChI is InChI=1S/C17H27NO/c1-13-7-8-15(19-4)14(11-13)12-17(18)10-6-5-9-16(17,2)3/h7-8,11H,5-6,9-10,12,18H2,1-4H3. The quantitative estimate of drug-likeness (QED) is 0.897. The van der Waals surface area contributed by atoms with Gasteiger partial charge in [-0.25, -0.2) is 0 Å². The van der Waals surface area contributed by atoms with Gasteiger partial charge < -0.3 is 10.5 Å². The van der Waals surface area contributed by atoms with Crippen LogP contribution in [0.5, 0.6) is 5.75 Å². The van der Waals surface area contributed by atoms with Gasteiger partial charge in [0.2, 0.25) is 0 Å². The van der Waals surface area contributed by atoms with Crippen molar-refractivity contribution in [3.05, 3.63) is 29.3 Å². The Labute approximate surface area is 117 Å². The van der Waals surface area contributed by atoms with Crippen LogP contribution in [0.3, 0.4) is 0 Å².